The summed E-state index contributed by atoms with van der Waals surface area (Å²) in [4.78, 5) is 16.4. The van der Waals surface area contributed by atoms with Gasteiger partial charge in [-0.15, -0.1) is 0 Å². The summed E-state index contributed by atoms with van der Waals surface area (Å²) in [6.45, 7) is 1.88. The minimum atomic E-state index is -0.303. The zero-order valence-electron chi connectivity index (χ0n) is 15.1. The van der Waals surface area contributed by atoms with Gasteiger partial charge in [-0.3, -0.25) is 4.79 Å². The predicted molar refractivity (Wildman–Crippen MR) is 103 cm³/mol. The van der Waals surface area contributed by atoms with Crippen molar-refractivity contribution < 1.29 is 19.0 Å². The third kappa shape index (κ3) is 5.22. The lowest BCUT2D eigenvalue weighted by molar-refractivity contribution is -0.118. The lowest BCUT2D eigenvalue weighted by Crippen LogP contribution is -2.20. The molecule has 1 N–H and O–H groups in total. The van der Waals surface area contributed by atoms with Crippen molar-refractivity contribution in [3.8, 4) is 23.1 Å². The van der Waals surface area contributed by atoms with Crippen molar-refractivity contribution in [2.45, 2.75) is 6.92 Å². The molecular formula is C21H20N2O4. The quantitative estimate of drug-likeness (QED) is 0.680. The van der Waals surface area contributed by atoms with Crippen molar-refractivity contribution in [1.29, 1.82) is 0 Å². The van der Waals surface area contributed by atoms with Crippen LogP contribution < -0.4 is 19.5 Å². The monoisotopic (exact) mass is 364 g/mol. The maximum atomic E-state index is 12.2. The van der Waals surface area contributed by atoms with Gasteiger partial charge in [0.05, 0.1) is 7.11 Å². The summed E-state index contributed by atoms with van der Waals surface area (Å²) in [5, 5.41) is 2.76. The SMILES string of the molecule is COc1ccc(Oc2ncccc2NC(=O)COc2ccc(C)cc2)cc1. The van der Waals surface area contributed by atoms with Gasteiger partial charge in [0, 0.05) is 6.20 Å². The molecule has 0 fully saturated rings. The van der Waals surface area contributed by atoms with Crippen LogP contribution in [0.15, 0.2) is 66.9 Å². The van der Waals surface area contributed by atoms with E-state index < -0.39 is 0 Å². The summed E-state index contributed by atoms with van der Waals surface area (Å²) < 4.78 is 16.4. The molecule has 0 aliphatic rings. The zero-order valence-corrected chi connectivity index (χ0v) is 15.1. The molecule has 0 saturated carbocycles. The number of hydrogen-bond acceptors (Lipinski definition) is 5. The molecule has 0 bridgehead atoms. The summed E-state index contributed by atoms with van der Waals surface area (Å²) in [5.41, 5.74) is 1.59. The highest BCUT2D eigenvalue weighted by Crippen LogP contribution is 2.28. The lowest BCUT2D eigenvalue weighted by atomic mass is 10.2. The minimum absolute atomic E-state index is 0.111. The number of anilines is 1. The predicted octanol–water partition coefficient (Wildman–Crippen LogP) is 4.21. The molecule has 3 rings (SSSR count). The van der Waals surface area contributed by atoms with E-state index in [1.165, 1.54) is 0 Å². The second-order valence-electron chi connectivity index (χ2n) is 5.78. The Morgan fingerprint density at radius 2 is 1.63 bits per heavy atom. The van der Waals surface area contributed by atoms with Crippen LogP contribution in [-0.4, -0.2) is 24.6 Å². The van der Waals surface area contributed by atoms with Crippen LogP contribution in [0, 0.1) is 6.92 Å². The van der Waals surface area contributed by atoms with Crippen LogP contribution in [-0.2, 0) is 4.79 Å². The molecule has 0 spiro atoms. The van der Waals surface area contributed by atoms with Crippen LogP contribution in [0.4, 0.5) is 5.69 Å². The highest BCUT2D eigenvalue weighted by molar-refractivity contribution is 5.93. The summed E-state index contributed by atoms with van der Waals surface area (Å²) in [5.74, 6) is 1.94. The molecule has 0 unspecified atom stereocenters. The molecular weight excluding hydrogens is 344 g/mol. The number of carbonyl (C=O) groups excluding carboxylic acids is 1. The third-order valence-electron chi connectivity index (χ3n) is 3.71. The zero-order chi connectivity index (χ0) is 19.1. The second kappa shape index (κ2) is 8.71. The van der Waals surface area contributed by atoms with E-state index in [9.17, 15) is 4.79 Å². The topological polar surface area (TPSA) is 69.7 Å². The van der Waals surface area contributed by atoms with Crippen molar-refractivity contribution in [3.63, 3.8) is 0 Å². The molecule has 6 heteroatoms. The van der Waals surface area contributed by atoms with Gasteiger partial charge < -0.3 is 19.5 Å². The molecule has 0 aliphatic heterocycles. The van der Waals surface area contributed by atoms with Gasteiger partial charge in [0.2, 0.25) is 5.88 Å². The molecule has 138 valence electrons. The Hall–Kier alpha value is -3.54. The first kappa shape index (κ1) is 18.3. The van der Waals surface area contributed by atoms with Gasteiger partial charge in [-0.05, 0) is 55.5 Å². The van der Waals surface area contributed by atoms with Crippen molar-refractivity contribution in [2.75, 3.05) is 19.0 Å². The number of carbonyl (C=O) groups is 1. The van der Waals surface area contributed by atoms with Crippen LogP contribution in [0.5, 0.6) is 23.1 Å². The van der Waals surface area contributed by atoms with E-state index in [-0.39, 0.29) is 12.5 Å². The van der Waals surface area contributed by atoms with Crippen molar-refractivity contribution in [3.05, 3.63) is 72.4 Å². The van der Waals surface area contributed by atoms with E-state index in [0.717, 1.165) is 11.3 Å². The molecule has 0 radical (unpaired) electrons. The number of benzene rings is 2. The number of aryl methyl sites for hydroxylation is 1. The number of pyridine rings is 1. The number of hydrogen-bond donors (Lipinski definition) is 1. The van der Waals surface area contributed by atoms with E-state index in [0.29, 0.717) is 23.1 Å². The number of nitrogens with one attached hydrogen (secondary N) is 1. The Bertz CT molecular complexity index is 893. The van der Waals surface area contributed by atoms with Gasteiger partial charge in [0.1, 0.15) is 22.9 Å². The third-order valence-corrected chi connectivity index (χ3v) is 3.71. The van der Waals surface area contributed by atoms with Crippen LogP contribution in [0.1, 0.15) is 5.56 Å². The molecule has 3 aromatic rings. The molecule has 1 heterocycles. The normalized spacial score (nSPS) is 10.1. The van der Waals surface area contributed by atoms with Crippen LogP contribution in [0.2, 0.25) is 0 Å². The Morgan fingerprint density at radius 3 is 2.33 bits per heavy atom. The highest BCUT2D eigenvalue weighted by atomic mass is 16.5. The summed E-state index contributed by atoms with van der Waals surface area (Å²) >= 11 is 0. The summed E-state index contributed by atoms with van der Waals surface area (Å²) in [6.07, 6.45) is 1.59. The minimum Gasteiger partial charge on any atom is -0.497 e. The number of amides is 1. The van der Waals surface area contributed by atoms with Gasteiger partial charge in [-0.25, -0.2) is 4.98 Å². The summed E-state index contributed by atoms with van der Waals surface area (Å²) in [6, 6.07) is 18.0. The maximum Gasteiger partial charge on any atom is 0.262 e. The molecule has 27 heavy (non-hydrogen) atoms. The fraction of sp³-hybridized carbons (Fsp3) is 0.143. The van der Waals surface area contributed by atoms with Gasteiger partial charge in [-0.1, -0.05) is 17.7 Å². The Morgan fingerprint density at radius 1 is 0.963 bits per heavy atom. The Balaban J connectivity index is 1.62. The first-order chi connectivity index (χ1) is 13.1. The fourth-order valence-electron chi connectivity index (χ4n) is 2.29. The lowest BCUT2D eigenvalue weighted by Gasteiger charge is -2.12. The summed E-state index contributed by atoms with van der Waals surface area (Å²) in [7, 11) is 1.60. The van der Waals surface area contributed by atoms with Crippen LogP contribution in [0.3, 0.4) is 0 Å². The van der Waals surface area contributed by atoms with Gasteiger partial charge in [0.15, 0.2) is 6.61 Å². The molecule has 1 amide bonds. The van der Waals surface area contributed by atoms with E-state index in [1.807, 2.05) is 31.2 Å². The van der Waals surface area contributed by atoms with E-state index >= 15 is 0 Å². The van der Waals surface area contributed by atoms with Crippen molar-refractivity contribution in [1.82, 2.24) is 4.98 Å². The average Bonchev–Trinajstić information content (AvgIpc) is 2.70. The number of methoxy groups -OCH3 is 1. The number of rotatable bonds is 7. The van der Waals surface area contributed by atoms with E-state index in [2.05, 4.69) is 10.3 Å². The van der Waals surface area contributed by atoms with Crippen LogP contribution >= 0.6 is 0 Å². The molecule has 1 aromatic heterocycles. The number of ether oxygens (including phenoxy) is 3. The maximum absolute atomic E-state index is 12.2. The number of nitrogens with zero attached hydrogens (tertiary/aromatic N) is 1. The first-order valence-corrected chi connectivity index (χ1v) is 8.40. The van der Waals surface area contributed by atoms with E-state index in [1.54, 1.807) is 49.7 Å². The Labute approximate surface area is 157 Å². The molecule has 6 nitrogen and oxygen atoms in total. The Kier molecular flexibility index (Phi) is 5.89. The average molecular weight is 364 g/mol. The molecule has 0 aliphatic carbocycles. The highest BCUT2D eigenvalue weighted by Gasteiger charge is 2.11. The largest absolute Gasteiger partial charge is 0.497 e. The van der Waals surface area contributed by atoms with Crippen molar-refractivity contribution in [2.24, 2.45) is 0 Å². The first-order valence-electron chi connectivity index (χ1n) is 8.40. The van der Waals surface area contributed by atoms with Crippen LogP contribution in [0.25, 0.3) is 0 Å². The molecule has 0 saturated heterocycles. The smallest absolute Gasteiger partial charge is 0.262 e. The second-order valence-corrected chi connectivity index (χ2v) is 5.78. The van der Waals surface area contributed by atoms with E-state index in [4.69, 9.17) is 14.2 Å². The number of aromatic nitrogens is 1. The molecule has 2 aromatic carbocycles. The molecule has 0 atom stereocenters. The van der Waals surface area contributed by atoms with Gasteiger partial charge in [-0.2, -0.15) is 0 Å². The fourth-order valence-corrected chi connectivity index (χ4v) is 2.29. The van der Waals surface area contributed by atoms with Gasteiger partial charge in [0.25, 0.3) is 5.91 Å². The van der Waals surface area contributed by atoms with Crippen molar-refractivity contribution >= 4 is 11.6 Å². The standard InChI is InChI=1S/C21H20N2O4/c1-15-5-7-17(8-6-15)26-14-20(24)23-19-4-3-13-22-21(19)27-18-11-9-16(25-2)10-12-18/h3-13H,14H2,1-2H3,(H,23,24). The van der Waals surface area contributed by atoms with Gasteiger partial charge >= 0.3 is 0 Å².